The van der Waals surface area contributed by atoms with Crippen molar-refractivity contribution < 1.29 is 9.59 Å². The zero-order chi connectivity index (χ0) is 17.3. The van der Waals surface area contributed by atoms with Gasteiger partial charge >= 0.3 is 6.03 Å². The lowest BCUT2D eigenvalue weighted by atomic mass is 9.96. The highest BCUT2D eigenvalue weighted by Gasteiger charge is 2.41. The van der Waals surface area contributed by atoms with Gasteiger partial charge < -0.3 is 15.1 Å². The van der Waals surface area contributed by atoms with E-state index in [1.165, 1.54) is 0 Å². The third-order valence-corrected chi connectivity index (χ3v) is 5.29. The first-order valence-corrected chi connectivity index (χ1v) is 8.86. The number of likely N-dealkylation sites (tertiary alicyclic amines) is 1. The summed E-state index contributed by atoms with van der Waals surface area (Å²) < 4.78 is 0. The Hall–Kier alpha value is -1.75. The molecule has 1 aromatic carbocycles. The number of hydrogen-bond acceptors (Lipinski definition) is 2. The fourth-order valence-electron chi connectivity index (χ4n) is 3.39. The van der Waals surface area contributed by atoms with Crippen molar-refractivity contribution in [3.63, 3.8) is 0 Å². The standard InChI is InChI=1S/C18H24ClN3O2/c1-21(2)18(24)22-9-7-12(8-10-22)17(23)20-16-11-14(16)13-5-3-4-6-15(13)19/h3-6,12,14,16H,7-11H2,1-2H3,(H,20,23). The Balaban J connectivity index is 1.48. The monoisotopic (exact) mass is 349 g/mol. The molecule has 3 amide bonds. The molecule has 0 aromatic heterocycles. The number of piperidine rings is 1. The summed E-state index contributed by atoms with van der Waals surface area (Å²) in [5, 5.41) is 3.93. The van der Waals surface area contributed by atoms with Crippen molar-refractivity contribution in [1.29, 1.82) is 0 Å². The Kier molecular flexibility index (Phi) is 4.99. The average Bonchev–Trinajstić information content (AvgIpc) is 3.33. The minimum atomic E-state index is 0.00343. The van der Waals surface area contributed by atoms with Gasteiger partial charge in [-0.25, -0.2) is 4.79 Å². The molecule has 1 aromatic rings. The summed E-state index contributed by atoms with van der Waals surface area (Å²) in [6.45, 7) is 1.29. The van der Waals surface area contributed by atoms with Gasteiger partial charge in [-0.1, -0.05) is 29.8 Å². The number of rotatable bonds is 3. The topological polar surface area (TPSA) is 52.7 Å². The molecule has 1 aliphatic carbocycles. The summed E-state index contributed by atoms with van der Waals surface area (Å²) in [7, 11) is 3.51. The highest BCUT2D eigenvalue weighted by molar-refractivity contribution is 6.31. The number of benzene rings is 1. The van der Waals surface area contributed by atoms with Crippen LogP contribution < -0.4 is 5.32 Å². The lowest BCUT2D eigenvalue weighted by Crippen LogP contribution is -2.46. The fourth-order valence-corrected chi connectivity index (χ4v) is 3.67. The van der Waals surface area contributed by atoms with Crippen LogP contribution >= 0.6 is 11.6 Å². The Bertz CT molecular complexity index is 626. The fraction of sp³-hybridized carbons (Fsp3) is 0.556. The van der Waals surface area contributed by atoms with Crippen molar-refractivity contribution in [2.45, 2.75) is 31.2 Å². The summed E-state index contributed by atoms with van der Waals surface area (Å²) in [6, 6.07) is 8.05. The molecule has 3 rings (SSSR count). The van der Waals surface area contributed by atoms with E-state index in [9.17, 15) is 9.59 Å². The van der Waals surface area contributed by atoms with Gasteiger partial charge in [-0.05, 0) is 30.9 Å². The minimum absolute atomic E-state index is 0.00343. The predicted octanol–water partition coefficient (Wildman–Crippen LogP) is 2.71. The molecule has 0 spiro atoms. The van der Waals surface area contributed by atoms with E-state index in [1.54, 1.807) is 19.0 Å². The molecule has 2 aliphatic rings. The van der Waals surface area contributed by atoms with Crippen molar-refractivity contribution >= 4 is 23.5 Å². The minimum Gasteiger partial charge on any atom is -0.352 e. The molecule has 2 unspecified atom stereocenters. The van der Waals surface area contributed by atoms with E-state index >= 15 is 0 Å². The van der Waals surface area contributed by atoms with Gasteiger partial charge in [0.2, 0.25) is 5.91 Å². The number of urea groups is 1. The van der Waals surface area contributed by atoms with Crippen LogP contribution in [-0.2, 0) is 4.79 Å². The maximum atomic E-state index is 12.5. The van der Waals surface area contributed by atoms with Gasteiger partial charge in [0.15, 0.2) is 0 Å². The van der Waals surface area contributed by atoms with E-state index in [1.807, 2.05) is 29.2 Å². The van der Waals surface area contributed by atoms with Crippen LogP contribution in [0.15, 0.2) is 24.3 Å². The second kappa shape index (κ2) is 7.01. The quantitative estimate of drug-likeness (QED) is 0.912. The summed E-state index contributed by atoms with van der Waals surface area (Å²) in [6.07, 6.45) is 2.41. The van der Waals surface area contributed by atoms with Gasteiger partial charge in [0.25, 0.3) is 0 Å². The van der Waals surface area contributed by atoms with E-state index in [4.69, 9.17) is 11.6 Å². The first-order valence-electron chi connectivity index (χ1n) is 8.48. The molecule has 0 radical (unpaired) electrons. The van der Waals surface area contributed by atoms with Crippen molar-refractivity contribution in [2.75, 3.05) is 27.2 Å². The number of nitrogens with one attached hydrogen (secondary N) is 1. The zero-order valence-corrected chi connectivity index (χ0v) is 14.9. The highest BCUT2D eigenvalue weighted by Crippen LogP contribution is 2.43. The molecule has 2 fully saturated rings. The van der Waals surface area contributed by atoms with E-state index in [-0.39, 0.29) is 23.9 Å². The van der Waals surface area contributed by atoms with Crippen LogP contribution in [0.5, 0.6) is 0 Å². The normalized spacial score (nSPS) is 23.7. The molecule has 1 saturated heterocycles. The molecule has 5 nitrogen and oxygen atoms in total. The molecule has 2 atom stereocenters. The Morgan fingerprint density at radius 1 is 1.21 bits per heavy atom. The molecular weight excluding hydrogens is 326 g/mol. The number of carbonyl (C=O) groups excluding carboxylic acids is 2. The molecule has 1 saturated carbocycles. The van der Waals surface area contributed by atoms with Crippen LogP contribution in [-0.4, -0.2) is 55.0 Å². The summed E-state index contributed by atoms with van der Waals surface area (Å²) in [5.74, 6) is 0.452. The number of halogens is 1. The van der Waals surface area contributed by atoms with Crippen LogP contribution in [0.1, 0.15) is 30.7 Å². The van der Waals surface area contributed by atoms with Gasteiger partial charge in [0, 0.05) is 50.1 Å². The largest absolute Gasteiger partial charge is 0.352 e. The molecular formula is C18H24ClN3O2. The Morgan fingerprint density at radius 3 is 2.50 bits per heavy atom. The summed E-state index contributed by atoms with van der Waals surface area (Å²) >= 11 is 6.23. The lowest BCUT2D eigenvalue weighted by molar-refractivity contribution is -0.126. The third kappa shape index (κ3) is 3.66. The first-order chi connectivity index (χ1) is 11.5. The molecule has 0 bridgehead atoms. The van der Waals surface area contributed by atoms with Gasteiger partial charge in [-0.3, -0.25) is 4.79 Å². The number of amides is 3. The predicted molar refractivity (Wildman–Crippen MR) is 94.1 cm³/mol. The van der Waals surface area contributed by atoms with E-state index in [0.29, 0.717) is 19.0 Å². The number of nitrogens with zero attached hydrogens (tertiary/aromatic N) is 2. The third-order valence-electron chi connectivity index (χ3n) is 4.94. The average molecular weight is 350 g/mol. The van der Waals surface area contributed by atoms with Crippen LogP contribution in [0.2, 0.25) is 5.02 Å². The number of carbonyl (C=O) groups is 2. The van der Waals surface area contributed by atoms with E-state index < -0.39 is 0 Å². The second-order valence-electron chi connectivity index (χ2n) is 6.92. The maximum Gasteiger partial charge on any atom is 0.319 e. The van der Waals surface area contributed by atoms with Crippen molar-refractivity contribution in [1.82, 2.24) is 15.1 Å². The van der Waals surface area contributed by atoms with Crippen LogP contribution in [0.3, 0.4) is 0 Å². The van der Waals surface area contributed by atoms with E-state index in [0.717, 1.165) is 29.8 Å². The van der Waals surface area contributed by atoms with E-state index in [2.05, 4.69) is 5.32 Å². The molecule has 1 N–H and O–H groups in total. The lowest BCUT2D eigenvalue weighted by Gasteiger charge is -2.33. The highest BCUT2D eigenvalue weighted by atomic mass is 35.5. The second-order valence-corrected chi connectivity index (χ2v) is 7.32. The molecule has 1 aliphatic heterocycles. The van der Waals surface area contributed by atoms with Crippen LogP contribution in [0.25, 0.3) is 0 Å². The Labute approximate surface area is 147 Å². The SMILES string of the molecule is CN(C)C(=O)N1CCC(C(=O)NC2CC2c2ccccc2Cl)CC1. The van der Waals surface area contributed by atoms with Crippen molar-refractivity contribution in [2.24, 2.45) is 5.92 Å². The van der Waals surface area contributed by atoms with Crippen molar-refractivity contribution in [3.05, 3.63) is 34.9 Å². The molecule has 6 heteroatoms. The molecule has 1 heterocycles. The van der Waals surface area contributed by atoms with Gasteiger partial charge in [-0.2, -0.15) is 0 Å². The molecule has 130 valence electrons. The van der Waals surface area contributed by atoms with Crippen LogP contribution in [0.4, 0.5) is 4.79 Å². The Morgan fingerprint density at radius 2 is 1.88 bits per heavy atom. The van der Waals surface area contributed by atoms with Gasteiger partial charge in [-0.15, -0.1) is 0 Å². The zero-order valence-electron chi connectivity index (χ0n) is 14.2. The van der Waals surface area contributed by atoms with Gasteiger partial charge in [0.1, 0.15) is 0 Å². The smallest absolute Gasteiger partial charge is 0.319 e. The van der Waals surface area contributed by atoms with Gasteiger partial charge in [0.05, 0.1) is 0 Å². The van der Waals surface area contributed by atoms with Crippen LogP contribution in [0, 0.1) is 5.92 Å². The first kappa shape index (κ1) is 17.1. The summed E-state index contributed by atoms with van der Waals surface area (Å²) in [4.78, 5) is 27.8. The summed E-state index contributed by atoms with van der Waals surface area (Å²) in [5.41, 5.74) is 1.12. The molecule has 24 heavy (non-hydrogen) atoms. The maximum absolute atomic E-state index is 12.5. The number of hydrogen-bond donors (Lipinski definition) is 1. The van der Waals surface area contributed by atoms with Crippen molar-refractivity contribution in [3.8, 4) is 0 Å².